The van der Waals surface area contributed by atoms with Gasteiger partial charge >= 0.3 is 6.09 Å². The highest BCUT2D eigenvalue weighted by Gasteiger charge is 2.43. The van der Waals surface area contributed by atoms with Gasteiger partial charge in [0.2, 0.25) is 5.91 Å². The summed E-state index contributed by atoms with van der Waals surface area (Å²) >= 11 is 0. The van der Waals surface area contributed by atoms with E-state index in [1.165, 1.54) is 4.90 Å². The number of Topliss-reactive ketones (excluding diaryl/α,β-unsaturated/α-hetero) is 1. The molecular formula is C14H21FN2O4. The van der Waals surface area contributed by atoms with Gasteiger partial charge in [0.1, 0.15) is 17.8 Å². The van der Waals surface area contributed by atoms with E-state index in [4.69, 9.17) is 4.74 Å². The van der Waals surface area contributed by atoms with Gasteiger partial charge < -0.3 is 9.64 Å². The standard InChI is InChI=1S/C14H21FN2O4/c1-14(2,3)21-13(20)17-8-10(18)6-11(17)12(19)16-5-4-9(15)7-16/h9,11H,4-8H2,1-3H3/t9-,11-/m0/s1. The lowest BCUT2D eigenvalue weighted by Crippen LogP contribution is -2.48. The Balaban J connectivity index is 2.07. The molecule has 0 aromatic rings. The highest BCUT2D eigenvalue weighted by Crippen LogP contribution is 2.23. The number of likely N-dealkylation sites (tertiary alicyclic amines) is 2. The molecule has 0 aromatic carbocycles. The molecule has 0 radical (unpaired) electrons. The van der Waals surface area contributed by atoms with Crippen LogP contribution in [0.5, 0.6) is 0 Å². The summed E-state index contributed by atoms with van der Waals surface area (Å²) in [5.41, 5.74) is -0.700. The van der Waals surface area contributed by atoms with E-state index >= 15 is 0 Å². The number of rotatable bonds is 1. The number of nitrogens with zero attached hydrogens (tertiary/aromatic N) is 2. The maximum absolute atomic E-state index is 13.2. The summed E-state index contributed by atoms with van der Waals surface area (Å²) in [7, 11) is 0. The first-order chi connectivity index (χ1) is 9.67. The first-order valence-electron chi connectivity index (χ1n) is 7.11. The zero-order chi connectivity index (χ0) is 15.8. The fraction of sp³-hybridized carbons (Fsp3) is 0.786. The van der Waals surface area contributed by atoms with Crippen molar-refractivity contribution in [1.29, 1.82) is 0 Å². The third kappa shape index (κ3) is 3.71. The van der Waals surface area contributed by atoms with Crippen LogP contribution in [0.2, 0.25) is 0 Å². The van der Waals surface area contributed by atoms with Crippen LogP contribution >= 0.6 is 0 Å². The maximum Gasteiger partial charge on any atom is 0.411 e. The number of hydrogen-bond acceptors (Lipinski definition) is 4. The van der Waals surface area contributed by atoms with Crippen molar-refractivity contribution in [3.63, 3.8) is 0 Å². The maximum atomic E-state index is 13.2. The van der Waals surface area contributed by atoms with E-state index in [0.29, 0.717) is 13.0 Å². The Labute approximate surface area is 123 Å². The smallest absolute Gasteiger partial charge is 0.411 e. The number of ketones is 1. The van der Waals surface area contributed by atoms with Gasteiger partial charge in [0, 0.05) is 13.0 Å². The second-order valence-corrected chi connectivity index (χ2v) is 6.54. The van der Waals surface area contributed by atoms with Crippen LogP contribution < -0.4 is 0 Å². The Morgan fingerprint density at radius 2 is 2.00 bits per heavy atom. The zero-order valence-corrected chi connectivity index (χ0v) is 12.6. The van der Waals surface area contributed by atoms with Crippen LogP contribution in [0.15, 0.2) is 0 Å². The first-order valence-corrected chi connectivity index (χ1v) is 7.11. The minimum Gasteiger partial charge on any atom is -0.444 e. The lowest BCUT2D eigenvalue weighted by Gasteiger charge is -2.29. The molecule has 2 heterocycles. The molecule has 2 saturated heterocycles. The predicted octanol–water partition coefficient (Wildman–Crippen LogP) is 1.14. The van der Waals surface area contributed by atoms with Crippen LogP contribution in [0.4, 0.5) is 9.18 Å². The van der Waals surface area contributed by atoms with Gasteiger partial charge in [-0.1, -0.05) is 0 Å². The van der Waals surface area contributed by atoms with Crippen molar-refractivity contribution in [3.05, 3.63) is 0 Å². The summed E-state index contributed by atoms with van der Waals surface area (Å²) in [6.45, 7) is 5.38. The quantitative estimate of drug-likeness (QED) is 0.728. The molecule has 118 valence electrons. The second-order valence-electron chi connectivity index (χ2n) is 6.54. The van der Waals surface area contributed by atoms with Gasteiger partial charge in [0.05, 0.1) is 13.1 Å². The molecule has 0 bridgehead atoms. The fourth-order valence-corrected chi connectivity index (χ4v) is 2.55. The van der Waals surface area contributed by atoms with Crippen molar-refractivity contribution in [2.75, 3.05) is 19.6 Å². The van der Waals surface area contributed by atoms with Gasteiger partial charge in [0.25, 0.3) is 0 Å². The SMILES string of the molecule is CC(C)(C)OC(=O)N1CC(=O)C[C@H]1C(=O)N1CC[C@H](F)C1. The van der Waals surface area contributed by atoms with Gasteiger partial charge in [-0.25, -0.2) is 9.18 Å². The highest BCUT2D eigenvalue weighted by molar-refractivity contribution is 5.97. The van der Waals surface area contributed by atoms with Crippen LogP contribution in [0.1, 0.15) is 33.6 Å². The lowest BCUT2D eigenvalue weighted by molar-refractivity contribution is -0.135. The molecule has 0 aliphatic carbocycles. The van der Waals surface area contributed by atoms with Crippen LogP contribution in [-0.4, -0.2) is 65.0 Å². The molecule has 21 heavy (non-hydrogen) atoms. The van der Waals surface area contributed by atoms with E-state index in [0.717, 1.165) is 4.90 Å². The molecule has 2 aliphatic heterocycles. The minimum absolute atomic E-state index is 0.0223. The normalized spacial score (nSPS) is 26.4. The van der Waals surface area contributed by atoms with Crippen molar-refractivity contribution >= 4 is 17.8 Å². The first kappa shape index (κ1) is 15.7. The predicted molar refractivity (Wildman–Crippen MR) is 72.4 cm³/mol. The number of alkyl halides is 1. The molecule has 2 atom stereocenters. The van der Waals surface area contributed by atoms with Gasteiger partial charge in [-0.05, 0) is 27.2 Å². The van der Waals surface area contributed by atoms with Crippen molar-refractivity contribution in [1.82, 2.24) is 9.80 Å². The van der Waals surface area contributed by atoms with E-state index in [9.17, 15) is 18.8 Å². The van der Waals surface area contributed by atoms with Gasteiger partial charge in [-0.3, -0.25) is 14.5 Å². The summed E-state index contributed by atoms with van der Waals surface area (Å²) in [4.78, 5) is 38.6. The van der Waals surface area contributed by atoms with Crippen molar-refractivity contribution < 1.29 is 23.5 Å². The molecule has 0 saturated carbocycles. The molecule has 0 spiro atoms. The number of carbonyl (C=O) groups is 3. The summed E-state index contributed by atoms with van der Waals surface area (Å²) in [5, 5.41) is 0. The Hall–Kier alpha value is -1.66. The second kappa shape index (κ2) is 5.61. The summed E-state index contributed by atoms with van der Waals surface area (Å²) in [6, 6.07) is -0.863. The molecule has 2 amide bonds. The molecule has 2 aliphatic rings. The molecular weight excluding hydrogens is 279 g/mol. The molecule has 6 nitrogen and oxygen atoms in total. The van der Waals surface area contributed by atoms with Crippen LogP contribution in [0.3, 0.4) is 0 Å². The summed E-state index contributed by atoms with van der Waals surface area (Å²) in [6.07, 6.45) is -1.42. The fourth-order valence-electron chi connectivity index (χ4n) is 2.55. The number of halogens is 1. The van der Waals surface area contributed by atoms with Gasteiger partial charge in [0.15, 0.2) is 5.78 Å². The molecule has 0 unspecified atom stereocenters. The number of hydrogen-bond donors (Lipinski definition) is 0. The van der Waals surface area contributed by atoms with Crippen LogP contribution in [0.25, 0.3) is 0 Å². The molecule has 0 N–H and O–H groups in total. The van der Waals surface area contributed by atoms with Crippen molar-refractivity contribution in [2.24, 2.45) is 0 Å². The third-order valence-corrected chi connectivity index (χ3v) is 3.50. The zero-order valence-electron chi connectivity index (χ0n) is 12.6. The van der Waals surface area contributed by atoms with Gasteiger partial charge in [-0.15, -0.1) is 0 Å². The molecule has 2 fully saturated rings. The number of amides is 2. The Kier molecular flexibility index (Phi) is 4.20. The summed E-state index contributed by atoms with van der Waals surface area (Å²) < 4.78 is 18.4. The van der Waals surface area contributed by atoms with E-state index in [1.807, 2.05) is 0 Å². The molecule has 0 aromatic heterocycles. The highest BCUT2D eigenvalue weighted by atomic mass is 19.1. The lowest BCUT2D eigenvalue weighted by atomic mass is 10.2. The van der Waals surface area contributed by atoms with Crippen LogP contribution in [-0.2, 0) is 14.3 Å². The van der Waals surface area contributed by atoms with Crippen molar-refractivity contribution in [2.45, 2.75) is 51.4 Å². The largest absolute Gasteiger partial charge is 0.444 e. The number of carbonyl (C=O) groups excluding carboxylic acids is 3. The van der Waals surface area contributed by atoms with E-state index < -0.39 is 23.9 Å². The number of ether oxygens (including phenoxy) is 1. The van der Waals surface area contributed by atoms with Gasteiger partial charge in [-0.2, -0.15) is 0 Å². The average Bonchev–Trinajstić information content (AvgIpc) is 2.92. The van der Waals surface area contributed by atoms with Crippen LogP contribution in [0, 0.1) is 0 Å². The minimum atomic E-state index is -1.03. The molecule has 7 heteroatoms. The monoisotopic (exact) mass is 300 g/mol. The van der Waals surface area contributed by atoms with E-state index in [2.05, 4.69) is 0 Å². The molecule has 2 rings (SSSR count). The topological polar surface area (TPSA) is 66.9 Å². The van der Waals surface area contributed by atoms with E-state index in [1.54, 1.807) is 20.8 Å². The summed E-state index contributed by atoms with van der Waals surface area (Å²) in [5.74, 6) is -0.554. The Bertz CT molecular complexity index is 460. The Morgan fingerprint density at radius 3 is 2.52 bits per heavy atom. The van der Waals surface area contributed by atoms with E-state index in [-0.39, 0.29) is 31.2 Å². The average molecular weight is 300 g/mol. The van der Waals surface area contributed by atoms with Crippen molar-refractivity contribution in [3.8, 4) is 0 Å². The Morgan fingerprint density at radius 1 is 1.33 bits per heavy atom. The third-order valence-electron chi connectivity index (χ3n) is 3.50.